The number of methoxy groups -OCH3 is 1. The van der Waals surface area contributed by atoms with Crippen molar-refractivity contribution in [3.05, 3.63) is 64.1 Å². The minimum atomic E-state index is -0.719. The number of aldehydes is 1. The number of rotatable bonds is 10. The molecule has 1 fully saturated rings. The van der Waals surface area contributed by atoms with E-state index in [0.29, 0.717) is 58.9 Å². The smallest absolute Gasteiger partial charge is 0.234 e. The first-order chi connectivity index (χ1) is 19.8. The minimum Gasteiger partial charge on any atom is -0.497 e. The van der Waals surface area contributed by atoms with Crippen molar-refractivity contribution in [3.63, 3.8) is 0 Å². The Hall–Kier alpha value is -3.64. The largest absolute Gasteiger partial charge is 0.497 e. The Labute approximate surface area is 243 Å². The number of halogens is 1. The van der Waals surface area contributed by atoms with Gasteiger partial charge in [-0.2, -0.15) is 0 Å². The molecule has 3 aromatic rings. The van der Waals surface area contributed by atoms with Crippen LogP contribution in [0.1, 0.15) is 46.1 Å². The number of carbonyl (C=O) groups is 2. The third kappa shape index (κ3) is 6.82. The van der Waals surface area contributed by atoms with Crippen LogP contribution in [0, 0.1) is 0 Å². The van der Waals surface area contributed by atoms with Gasteiger partial charge in [0.25, 0.3) is 0 Å². The molecule has 1 saturated heterocycles. The number of fused-ring (bicyclic) bond motifs is 1. The van der Waals surface area contributed by atoms with Crippen molar-refractivity contribution in [2.75, 3.05) is 39.2 Å². The van der Waals surface area contributed by atoms with Crippen LogP contribution in [0.2, 0.25) is 5.02 Å². The number of aromatic nitrogens is 3. The van der Waals surface area contributed by atoms with Gasteiger partial charge in [-0.3, -0.25) is 19.5 Å². The van der Waals surface area contributed by atoms with E-state index in [4.69, 9.17) is 21.1 Å². The molecule has 0 bridgehead atoms. The number of likely N-dealkylation sites (N-methyl/N-ethyl adjacent to an activating group) is 1. The second-order valence-corrected chi connectivity index (χ2v) is 10.8. The minimum absolute atomic E-state index is 0.0449. The van der Waals surface area contributed by atoms with Gasteiger partial charge in [0.05, 0.1) is 48.4 Å². The fourth-order valence-electron chi connectivity index (χ4n) is 5.21. The molecule has 12 heteroatoms. The number of anilines is 1. The number of benzene rings is 1. The topological polar surface area (TPSA) is 139 Å². The van der Waals surface area contributed by atoms with Gasteiger partial charge in [-0.1, -0.05) is 17.7 Å². The quantitative estimate of drug-likeness (QED) is 0.307. The Kier molecular flexibility index (Phi) is 9.09. The van der Waals surface area contributed by atoms with Gasteiger partial charge in [0.1, 0.15) is 5.75 Å². The maximum Gasteiger partial charge on any atom is 0.234 e. The number of hydrogen-bond donors (Lipinski definition) is 3. The van der Waals surface area contributed by atoms with Crippen molar-refractivity contribution in [2.45, 2.75) is 44.0 Å². The highest BCUT2D eigenvalue weighted by atomic mass is 35.5. The fraction of sp³-hybridized carbons (Fsp3) is 0.414. The molecule has 1 aromatic carbocycles. The summed E-state index contributed by atoms with van der Waals surface area (Å²) in [5.74, 6) is 0.862. The zero-order chi connectivity index (χ0) is 28.9. The Morgan fingerprint density at radius 3 is 2.80 bits per heavy atom. The van der Waals surface area contributed by atoms with Crippen molar-refractivity contribution in [2.24, 2.45) is 0 Å². The Balaban J connectivity index is 1.24. The lowest BCUT2D eigenvalue weighted by Crippen LogP contribution is -2.40. The number of aliphatic hydroxyl groups is 1. The highest BCUT2D eigenvalue weighted by Crippen LogP contribution is 2.34. The maximum absolute atomic E-state index is 12.9. The molecule has 41 heavy (non-hydrogen) atoms. The van der Waals surface area contributed by atoms with Gasteiger partial charge in [-0.15, -0.1) is 0 Å². The molecule has 2 aliphatic rings. The first kappa shape index (κ1) is 28.9. The molecule has 2 unspecified atom stereocenters. The van der Waals surface area contributed by atoms with Gasteiger partial charge < -0.3 is 25.2 Å². The molecule has 0 saturated carbocycles. The number of ether oxygens (including phenoxy) is 2. The second-order valence-electron chi connectivity index (χ2n) is 10.4. The number of nitrogens with zero attached hydrogens (tertiary/aromatic N) is 4. The molecule has 2 aromatic heterocycles. The number of hydrogen-bond acceptors (Lipinski definition) is 10. The van der Waals surface area contributed by atoms with E-state index in [1.807, 2.05) is 18.2 Å². The van der Waals surface area contributed by atoms with Gasteiger partial charge in [0.2, 0.25) is 11.9 Å². The summed E-state index contributed by atoms with van der Waals surface area (Å²) in [7, 11) is 3.34. The first-order valence-corrected chi connectivity index (χ1v) is 13.9. The van der Waals surface area contributed by atoms with E-state index in [1.54, 1.807) is 31.3 Å². The van der Waals surface area contributed by atoms with Gasteiger partial charge in [0, 0.05) is 49.5 Å². The second kappa shape index (κ2) is 12.9. The molecule has 11 nitrogen and oxygen atoms in total. The highest BCUT2D eigenvalue weighted by Gasteiger charge is 2.32. The normalized spacial score (nSPS) is 18.7. The monoisotopic (exact) mass is 580 g/mol. The summed E-state index contributed by atoms with van der Waals surface area (Å²) in [6.07, 6.45) is 5.34. The van der Waals surface area contributed by atoms with Crippen LogP contribution in [0.3, 0.4) is 0 Å². The van der Waals surface area contributed by atoms with Crippen LogP contribution in [0.15, 0.2) is 36.7 Å². The number of amides is 1. The number of nitrogens with one attached hydrogen (secondary N) is 2. The van der Waals surface area contributed by atoms with Crippen molar-refractivity contribution in [1.29, 1.82) is 0 Å². The maximum atomic E-state index is 12.9. The van der Waals surface area contributed by atoms with Gasteiger partial charge in [0.15, 0.2) is 6.29 Å². The zero-order valence-electron chi connectivity index (χ0n) is 23.0. The lowest BCUT2D eigenvalue weighted by Gasteiger charge is -2.23. The summed E-state index contributed by atoms with van der Waals surface area (Å²) >= 11 is 6.41. The predicted molar refractivity (Wildman–Crippen MR) is 153 cm³/mol. The summed E-state index contributed by atoms with van der Waals surface area (Å²) in [4.78, 5) is 40.0. The fourth-order valence-corrected chi connectivity index (χ4v) is 5.41. The van der Waals surface area contributed by atoms with E-state index in [9.17, 15) is 14.7 Å². The van der Waals surface area contributed by atoms with Crippen LogP contribution in [0.4, 0.5) is 5.95 Å². The summed E-state index contributed by atoms with van der Waals surface area (Å²) in [6, 6.07) is 6.97. The van der Waals surface area contributed by atoms with Crippen molar-refractivity contribution in [1.82, 2.24) is 25.2 Å². The zero-order valence-corrected chi connectivity index (χ0v) is 23.7. The molecule has 1 amide bonds. The number of aliphatic hydroxyl groups excluding tert-OH is 1. The van der Waals surface area contributed by atoms with Crippen LogP contribution in [0.5, 0.6) is 5.75 Å². The molecule has 2 atom stereocenters. The average molecular weight is 581 g/mol. The summed E-state index contributed by atoms with van der Waals surface area (Å²) in [6.45, 7) is 1.68. The molecule has 3 heterocycles. The van der Waals surface area contributed by atoms with E-state index < -0.39 is 12.1 Å². The Bertz CT molecular complexity index is 1420. The SMILES string of the molecule is COc1ccc2c(c1)C(NC(=O)CN(C)Cc1ncc(-c3nc(NC4CCOCC4)ncc3Cl)cc1C=O)C(O)C2. The van der Waals surface area contributed by atoms with Crippen molar-refractivity contribution >= 4 is 29.7 Å². The molecule has 1 aliphatic carbocycles. The Morgan fingerprint density at radius 1 is 1.24 bits per heavy atom. The first-order valence-electron chi connectivity index (χ1n) is 13.5. The summed E-state index contributed by atoms with van der Waals surface area (Å²) < 4.78 is 10.7. The van der Waals surface area contributed by atoms with E-state index in [2.05, 4.69) is 25.6 Å². The number of pyridine rings is 1. The van der Waals surface area contributed by atoms with E-state index in [0.717, 1.165) is 30.3 Å². The van der Waals surface area contributed by atoms with E-state index in [-0.39, 0.29) is 25.0 Å². The molecule has 5 rings (SSSR count). The summed E-state index contributed by atoms with van der Waals surface area (Å²) in [5.41, 5.74) is 3.77. The Morgan fingerprint density at radius 2 is 2.05 bits per heavy atom. The van der Waals surface area contributed by atoms with Gasteiger partial charge in [-0.25, -0.2) is 9.97 Å². The van der Waals surface area contributed by atoms with Crippen LogP contribution in [0.25, 0.3) is 11.3 Å². The molecule has 1 aliphatic heterocycles. The average Bonchev–Trinajstić information content (AvgIpc) is 3.28. The van der Waals surface area contributed by atoms with Gasteiger partial charge in [-0.05, 0) is 49.2 Å². The van der Waals surface area contributed by atoms with Gasteiger partial charge >= 0.3 is 0 Å². The molecule has 3 N–H and O–H groups in total. The van der Waals surface area contributed by atoms with E-state index >= 15 is 0 Å². The van der Waals surface area contributed by atoms with Crippen molar-refractivity contribution in [3.8, 4) is 17.0 Å². The van der Waals surface area contributed by atoms with E-state index in [1.165, 1.54) is 6.20 Å². The molecule has 0 spiro atoms. The highest BCUT2D eigenvalue weighted by molar-refractivity contribution is 6.32. The van der Waals surface area contributed by atoms with Crippen LogP contribution >= 0.6 is 11.6 Å². The molecular weight excluding hydrogens is 548 g/mol. The molecular formula is C29H33ClN6O5. The number of carbonyl (C=O) groups excluding carboxylic acids is 2. The standard InChI is InChI=1S/C29H33ClN6O5/c1-36(15-26(39)34-28-22-11-21(40-2)4-3-17(22)10-25(28)38)14-24-19(16-37)9-18(12-31-24)27-23(30)13-32-29(35-27)33-20-5-7-41-8-6-20/h3-4,9,11-13,16,20,25,28,38H,5-8,10,14-15H2,1-2H3,(H,34,39)(H,32,33,35). The van der Waals surface area contributed by atoms with Crippen LogP contribution in [-0.2, 0) is 22.5 Å². The van der Waals surface area contributed by atoms with Crippen LogP contribution < -0.4 is 15.4 Å². The molecule has 216 valence electrons. The third-order valence-corrected chi connectivity index (χ3v) is 7.63. The summed E-state index contributed by atoms with van der Waals surface area (Å²) in [5, 5.41) is 17.2. The lowest BCUT2D eigenvalue weighted by molar-refractivity contribution is -0.123. The molecule has 0 radical (unpaired) electrons. The predicted octanol–water partition coefficient (Wildman–Crippen LogP) is 2.81. The van der Waals surface area contributed by atoms with Crippen LogP contribution in [-0.4, -0.2) is 83.2 Å². The van der Waals surface area contributed by atoms with Crippen molar-refractivity contribution < 1.29 is 24.2 Å². The lowest BCUT2D eigenvalue weighted by atomic mass is 10.1. The third-order valence-electron chi connectivity index (χ3n) is 7.35.